The number of hydrogen-bond acceptors (Lipinski definition) is 2. The molecular formula is C10H12O2. The molecule has 0 heterocycles. The molecule has 0 radical (unpaired) electrons. The van der Waals surface area contributed by atoms with Crippen LogP contribution in [0.25, 0.3) is 0 Å². The molecule has 12 heavy (non-hydrogen) atoms. The maximum Gasteiger partial charge on any atom is 0.122 e. The van der Waals surface area contributed by atoms with E-state index in [4.69, 9.17) is 0 Å². The predicted molar refractivity (Wildman–Crippen MR) is 46.8 cm³/mol. The van der Waals surface area contributed by atoms with E-state index in [-0.39, 0.29) is 6.42 Å². The number of carbonyl (C=O) groups is 1. The maximum absolute atomic E-state index is 10.1. The standard InChI is InChI=1S/C10H12O2/c1-8-4-2-3-5-9(8)10(12)6-7-11/h2-5,7,10,12H,6H2,1H3/t10-/m1/s1. The summed E-state index contributed by atoms with van der Waals surface area (Å²) in [5.74, 6) is 0. The van der Waals surface area contributed by atoms with Crippen molar-refractivity contribution in [2.45, 2.75) is 19.4 Å². The average Bonchev–Trinajstić information content (AvgIpc) is 2.05. The Hall–Kier alpha value is -1.15. The summed E-state index contributed by atoms with van der Waals surface area (Å²) >= 11 is 0. The van der Waals surface area contributed by atoms with E-state index >= 15 is 0 Å². The van der Waals surface area contributed by atoms with Gasteiger partial charge in [-0.1, -0.05) is 24.3 Å². The second kappa shape index (κ2) is 4.02. The van der Waals surface area contributed by atoms with E-state index < -0.39 is 6.10 Å². The van der Waals surface area contributed by atoms with Crippen molar-refractivity contribution in [1.29, 1.82) is 0 Å². The normalized spacial score (nSPS) is 12.5. The first kappa shape index (κ1) is 8.94. The van der Waals surface area contributed by atoms with Gasteiger partial charge in [0.25, 0.3) is 0 Å². The summed E-state index contributed by atoms with van der Waals surface area (Å²) in [7, 11) is 0. The minimum absolute atomic E-state index is 0.171. The second-order valence-electron chi connectivity index (χ2n) is 2.77. The number of aldehydes is 1. The first-order valence-electron chi connectivity index (χ1n) is 3.93. The summed E-state index contributed by atoms with van der Waals surface area (Å²) in [5.41, 5.74) is 1.86. The molecule has 1 rings (SSSR count). The average molecular weight is 164 g/mol. The number of benzene rings is 1. The number of hydrogen-bond donors (Lipinski definition) is 1. The SMILES string of the molecule is Cc1ccccc1[C@H](O)CC=O. The van der Waals surface area contributed by atoms with Crippen molar-refractivity contribution in [1.82, 2.24) is 0 Å². The Labute approximate surface area is 71.8 Å². The number of carbonyl (C=O) groups excluding carboxylic acids is 1. The van der Waals surface area contributed by atoms with Crippen molar-refractivity contribution in [2.75, 3.05) is 0 Å². The summed E-state index contributed by atoms with van der Waals surface area (Å²) in [6.45, 7) is 1.92. The molecule has 0 aliphatic rings. The summed E-state index contributed by atoms with van der Waals surface area (Å²) in [5, 5.41) is 9.47. The zero-order valence-corrected chi connectivity index (χ0v) is 7.03. The zero-order valence-electron chi connectivity index (χ0n) is 7.03. The van der Waals surface area contributed by atoms with Crippen LogP contribution in [0.3, 0.4) is 0 Å². The van der Waals surface area contributed by atoms with Gasteiger partial charge in [-0.25, -0.2) is 0 Å². The summed E-state index contributed by atoms with van der Waals surface area (Å²) in [6, 6.07) is 7.52. The van der Waals surface area contributed by atoms with Crippen LogP contribution in [0.4, 0.5) is 0 Å². The molecule has 0 aliphatic heterocycles. The smallest absolute Gasteiger partial charge is 0.122 e. The highest BCUT2D eigenvalue weighted by Gasteiger charge is 2.07. The molecule has 0 saturated carbocycles. The van der Waals surface area contributed by atoms with Crippen molar-refractivity contribution in [2.24, 2.45) is 0 Å². The van der Waals surface area contributed by atoms with Gasteiger partial charge < -0.3 is 9.90 Å². The van der Waals surface area contributed by atoms with Gasteiger partial charge in [-0.05, 0) is 18.1 Å². The Morgan fingerprint density at radius 1 is 1.50 bits per heavy atom. The van der Waals surface area contributed by atoms with Gasteiger partial charge in [-0.15, -0.1) is 0 Å². The van der Waals surface area contributed by atoms with E-state index in [9.17, 15) is 9.90 Å². The number of aryl methyl sites for hydroxylation is 1. The third kappa shape index (κ3) is 1.92. The van der Waals surface area contributed by atoms with Gasteiger partial charge in [-0.3, -0.25) is 0 Å². The quantitative estimate of drug-likeness (QED) is 0.689. The highest BCUT2D eigenvalue weighted by atomic mass is 16.3. The van der Waals surface area contributed by atoms with Crippen LogP contribution < -0.4 is 0 Å². The Morgan fingerprint density at radius 2 is 2.17 bits per heavy atom. The van der Waals surface area contributed by atoms with E-state index in [2.05, 4.69) is 0 Å². The Bertz CT molecular complexity index is 268. The van der Waals surface area contributed by atoms with Crippen molar-refractivity contribution in [3.05, 3.63) is 35.4 Å². The fourth-order valence-electron chi connectivity index (χ4n) is 1.18. The Balaban J connectivity index is 2.86. The van der Waals surface area contributed by atoms with Crippen LogP contribution in [0.15, 0.2) is 24.3 Å². The molecule has 2 heteroatoms. The third-order valence-electron chi connectivity index (χ3n) is 1.87. The molecule has 0 bridgehead atoms. The monoisotopic (exact) mass is 164 g/mol. The minimum Gasteiger partial charge on any atom is -0.388 e. The van der Waals surface area contributed by atoms with Crippen LogP contribution in [0, 0.1) is 6.92 Å². The fraction of sp³-hybridized carbons (Fsp3) is 0.300. The highest BCUT2D eigenvalue weighted by molar-refractivity contribution is 5.51. The van der Waals surface area contributed by atoms with Crippen LogP contribution in [-0.4, -0.2) is 11.4 Å². The molecule has 0 aromatic heterocycles. The van der Waals surface area contributed by atoms with Crippen LogP contribution >= 0.6 is 0 Å². The molecule has 1 N–H and O–H groups in total. The number of aliphatic hydroxyl groups is 1. The van der Waals surface area contributed by atoms with E-state index in [1.807, 2.05) is 31.2 Å². The van der Waals surface area contributed by atoms with Gasteiger partial charge in [-0.2, -0.15) is 0 Å². The van der Waals surface area contributed by atoms with E-state index in [1.165, 1.54) is 0 Å². The van der Waals surface area contributed by atoms with Crippen LogP contribution in [0.1, 0.15) is 23.7 Å². The van der Waals surface area contributed by atoms with E-state index in [0.717, 1.165) is 17.4 Å². The lowest BCUT2D eigenvalue weighted by Crippen LogP contribution is -1.99. The van der Waals surface area contributed by atoms with Gasteiger partial charge in [0.2, 0.25) is 0 Å². The molecule has 0 unspecified atom stereocenters. The molecule has 0 aliphatic carbocycles. The lowest BCUT2D eigenvalue weighted by atomic mass is 10.0. The predicted octanol–water partition coefficient (Wildman–Crippen LogP) is 1.62. The topological polar surface area (TPSA) is 37.3 Å². The molecule has 2 nitrogen and oxygen atoms in total. The molecule has 0 saturated heterocycles. The first-order chi connectivity index (χ1) is 5.75. The summed E-state index contributed by atoms with van der Waals surface area (Å²) in [6.07, 6.45) is 0.255. The minimum atomic E-state index is -0.649. The molecule has 1 aromatic rings. The molecule has 64 valence electrons. The fourth-order valence-corrected chi connectivity index (χ4v) is 1.18. The molecular weight excluding hydrogens is 152 g/mol. The summed E-state index contributed by atoms with van der Waals surface area (Å²) in [4.78, 5) is 10.1. The Kier molecular flexibility index (Phi) is 3.00. The van der Waals surface area contributed by atoms with Crippen molar-refractivity contribution >= 4 is 6.29 Å². The first-order valence-corrected chi connectivity index (χ1v) is 3.93. The van der Waals surface area contributed by atoms with Crippen LogP contribution in [0.2, 0.25) is 0 Å². The van der Waals surface area contributed by atoms with Crippen molar-refractivity contribution in [3.8, 4) is 0 Å². The van der Waals surface area contributed by atoms with E-state index in [1.54, 1.807) is 0 Å². The van der Waals surface area contributed by atoms with Gasteiger partial charge >= 0.3 is 0 Å². The van der Waals surface area contributed by atoms with Crippen LogP contribution in [0.5, 0.6) is 0 Å². The van der Waals surface area contributed by atoms with Gasteiger partial charge in [0, 0.05) is 6.42 Å². The number of aliphatic hydroxyl groups excluding tert-OH is 1. The lowest BCUT2D eigenvalue weighted by Gasteiger charge is -2.09. The third-order valence-corrected chi connectivity index (χ3v) is 1.87. The molecule has 0 fully saturated rings. The lowest BCUT2D eigenvalue weighted by molar-refractivity contribution is -0.109. The maximum atomic E-state index is 10.1. The zero-order chi connectivity index (χ0) is 8.97. The Morgan fingerprint density at radius 3 is 2.75 bits per heavy atom. The van der Waals surface area contributed by atoms with Gasteiger partial charge in [0.1, 0.15) is 6.29 Å². The van der Waals surface area contributed by atoms with Crippen molar-refractivity contribution < 1.29 is 9.90 Å². The van der Waals surface area contributed by atoms with Gasteiger partial charge in [0.05, 0.1) is 6.10 Å². The molecule has 0 spiro atoms. The molecule has 0 amide bonds. The van der Waals surface area contributed by atoms with Crippen LogP contribution in [-0.2, 0) is 4.79 Å². The number of rotatable bonds is 3. The highest BCUT2D eigenvalue weighted by Crippen LogP contribution is 2.18. The van der Waals surface area contributed by atoms with E-state index in [0.29, 0.717) is 0 Å². The largest absolute Gasteiger partial charge is 0.388 e. The van der Waals surface area contributed by atoms with Gasteiger partial charge in [0.15, 0.2) is 0 Å². The molecule has 1 atom stereocenters. The summed E-state index contributed by atoms with van der Waals surface area (Å²) < 4.78 is 0. The second-order valence-corrected chi connectivity index (χ2v) is 2.77. The van der Waals surface area contributed by atoms with Crippen molar-refractivity contribution in [3.63, 3.8) is 0 Å². The molecule has 1 aromatic carbocycles.